The summed E-state index contributed by atoms with van der Waals surface area (Å²) < 4.78 is 11.3. The molecule has 3 aliphatic heterocycles. The molecule has 1 aromatic carbocycles. The molecule has 0 radical (unpaired) electrons. The highest BCUT2D eigenvalue weighted by atomic mass is 16.5. The van der Waals surface area contributed by atoms with Crippen LogP contribution in [0.5, 0.6) is 5.75 Å². The molecule has 25 heavy (non-hydrogen) atoms. The number of amides is 2. The summed E-state index contributed by atoms with van der Waals surface area (Å²) in [6.45, 7) is 4.26. The molecule has 2 saturated heterocycles. The maximum absolute atomic E-state index is 13.1. The van der Waals surface area contributed by atoms with Crippen molar-refractivity contribution in [1.29, 1.82) is 0 Å². The number of fused-ring (bicyclic) bond motifs is 1. The van der Waals surface area contributed by atoms with Gasteiger partial charge in [-0.15, -0.1) is 0 Å². The predicted octanol–water partition coefficient (Wildman–Crippen LogP) is 1.51. The molecule has 1 aromatic rings. The van der Waals surface area contributed by atoms with Crippen molar-refractivity contribution in [1.82, 2.24) is 5.32 Å². The largest absolute Gasteiger partial charge is 0.497 e. The highest BCUT2D eigenvalue weighted by molar-refractivity contribution is 6.03. The van der Waals surface area contributed by atoms with Gasteiger partial charge in [0.1, 0.15) is 11.4 Å². The van der Waals surface area contributed by atoms with Gasteiger partial charge in [0.05, 0.1) is 31.6 Å². The smallest absolute Gasteiger partial charge is 0.234 e. The van der Waals surface area contributed by atoms with Crippen molar-refractivity contribution >= 4 is 17.5 Å². The zero-order chi connectivity index (χ0) is 17.8. The van der Waals surface area contributed by atoms with E-state index in [1.807, 2.05) is 50.3 Å². The number of hydrogen-bond donors (Lipinski definition) is 1. The molecule has 3 aliphatic rings. The number of rotatable bonds is 4. The number of carbonyl (C=O) groups excluding carboxylic acids is 2. The molecule has 2 amide bonds. The van der Waals surface area contributed by atoms with Crippen molar-refractivity contribution < 1.29 is 19.1 Å². The summed E-state index contributed by atoms with van der Waals surface area (Å²) in [6, 6.07) is 7.39. The SMILES string of the molecule is COc1ccc(N2C[C@]34C=C[C@@H](O3)C(C(=O)NC(C)C)[C@H]4C2=O)cc1. The van der Waals surface area contributed by atoms with Crippen LogP contribution in [0.4, 0.5) is 5.69 Å². The molecule has 6 nitrogen and oxygen atoms in total. The van der Waals surface area contributed by atoms with Crippen molar-refractivity contribution in [3.63, 3.8) is 0 Å². The first kappa shape index (κ1) is 16.1. The summed E-state index contributed by atoms with van der Waals surface area (Å²) in [5.74, 6) is -0.367. The minimum atomic E-state index is -0.694. The average Bonchev–Trinajstić information content (AvgIpc) is 3.22. The fourth-order valence-electron chi connectivity index (χ4n) is 4.16. The summed E-state index contributed by atoms with van der Waals surface area (Å²) in [4.78, 5) is 27.5. The maximum Gasteiger partial charge on any atom is 0.234 e. The summed E-state index contributed by atoms with van der Waals surface area (Å²) in [5, 5.41) is 2.93. The number of benzene rings is 1. The van der Waals surface area contributed by atoms with Gasteiger partial charge in [-0.2, -0.15) is 0 Å². The van der Waals surface area contributed by atoms with Gasteiger partial charge in [0, 0.05) is 11.7 Å². The molecule has 132 valence electrons. The molecule has 6 heteroatoms. The third-order valence-corrected chi connectivity index (χ3v) is 5.22. The van der Waals surface area contributed by atoms with E-state index in [0.29, 0.717) is 6.54 Å². The number of carbonyl (C=O) groups is 2. The van der Waals surface area contributed by atoms with Gasteiger partial charge >= 0.3 is 0 Å². The van der Waals surface area contributed by atoms with E-state index in [1.54, 1.807) is 12.0 Å². The van der Waals surface area contributed by atoms with Crippen molar-refractivity contribution in [2.45, 2.75) is 31.6 Å². The Kier molecular flexibility index (Phi) is 3.61. The third-order valence-electron chi connectivity index (χ3n) is 5.22. The summed E-state index contributed by atoms with van der Waals surface area (Å²) in [6.07, 6.45) is 3.57. The number of hydrogen-bond acceptors (Lipinski definition) is 4. The molecule has 1 spiro atoms. The summed E-state index contributed by atoms with van der Waals surface area (Å²) >= 11 is 0. The molecule has 1 N–H and O–H groups in total. The van der Waals surface area contributed by atoms with Gasteiger partial charge in [0.15, 0.2) is 0 Å². The molecular weight excluding hydrogens is 320 g/mol. The van der Waals surface area contributed by atoms with E-state index in [2.05, 4.69) is 5.32 Å². The minimum absolute atomic E-state index is 0.0285. The Labute approximate surface area is 146 Å². The molecule has 2 fully saturated rings. The Morgan fingerprint density at radius 3 is 2.72 bits per heavy atom. The van der Waals surface area contributed by atoms with Crippen LogP contribution in [0.25, 0.3) is 0 Å². The van der Waals surface area contributed by atoms with Crippen LogP contribution < -0.4 is 15.0 Å². The molecule has 3 heterocycles. The molecular formula is C19H22N2O4. The predicted molar refractivity (Wildman–Crippen MR) is 92.3 cm³/mol. The van der Waals surface area contributed by atoms with E-state index in [0.717, 1.165) is 11.4 Å². The van der Waals surface area contributed by atoms with Crippen LogP contribution in [0.15, 0.2) is 36.4 Å². The number of ether oxygens (including phenoxy) is 2. The van der Waals surface area contributed by atoms with Gasteiger partial charge in [-0.25, -0.2) is 0 Å². The quantitative estimate of drug-likeness (QED) is 0.842. The first-order chi connectivity index (χ1) is 11.9. The van der Waals surface area contributed by atoms with E-state index < -0.39 is 17.4 Å². The van der Waals surface area contributed by atoms with Crippen LogP contribution in [-0.2, 0) is 14.3 Å². The lowest BCUT2D eigenvalue weighted by Gasteiger charge is -2.24. The van der Waals surface area contributed by atoms with Gasteiger partial charge in [-0.1, -0.05) is 12.2 Å². The fraction of sp³-hybridized carbons (Fsp3) is 0.474. The molecule has 4 rings (SSSR count). The molecule has 0 aromatic heterocycles. The third kappa shape index (κ3) is 2.35. The normalized spacial score (nSPS) is 32.4. The van der Waals surface area contributed by atoms with E-state index in [4.69, 9.17) is 9.47 Å². The van der Waals surface area contributed by atoms with Crippen LogP contribution >= 0.6 is 0 Å². The highest BCUT2D eigenvalue weighted by Gasteiger charge is 2.67. The van der Waals surface area contributed by atoms with Gasteiger partial charge in [0.25, 0.3) is 0 Å². The number of anilines is 1. The first-order valence-electron chi connectivity index (χ1n) is 8.58. The first-order valence-corrected chi connectivity index (χ1v) is 8.58. The lowest BCUT2D eigenvalue weighted by atomic mass is 9.76. The zero-order valence-electron chi connectivity index (χ0n) is 14.6. The molecule has 0 aliphatic carbocycles. The van der Waals surface area contributed by atoms with Gasteiger partial charge in [-0.05, 0) is 38.1 Å². The Hall–Kier alpha value is -2.34. The molecule has 0 saturated carbocycles. The van der Waals surface area contributed by atoms with E-state index in [9.17, 15) is 9.59 Å². The van der Waals surface area contributed by atoms with Gasteiger partial charge in [-0.3, -0.25) is 9.59 Å². The Balaban J connectivity index is 1.64. The van der Waals surface area contributed by atoms with Gasteiger partial charge in [0.2, 0.25) is 11.8 Å². The number of nitrogens with zero attached hydrogens (tertiary/aromatic N) is 1. The van der Waals surface area contributed by atoms with Gasteiger partial charge < -0.3 is 19.7 Å². The van der Waals surface area contributed by atoms with Crippen LogP contribution in [-0.4, -0.2) is 43.2 Å². The lowest BCUT2D eigenvalue weighted by molar-refractivity contribution is -0.132. The Bertz CT molecular complexity index is 742. The van der Waals surface area contributed by atoms with Crippen molar-refractivity contribution in [2.24, 2.45) is 11.8 Å². The van der Waals surface area contributed by atoms with E-state index in [1.165, 1.54) is 0 Å². The van der Waals surface area contributed by atoms with E-state index in [-0.39, 0.29) is 24.0 Å². The second-order valence-corrected chi connectivity index (χ2v) is 7.19. The fourth-order valence-corrected chi connectivity index (χ4v) is 4.16. The average molecular weight is 342 g/mol. The number of nitrogens with one attached hydrogen (secondary N) is 1. The Morgan fingerprint density at radius 1 is 1.36 bits per heavy atom. The Morgan fingerprint density at radius 2 is 2.08 bits per heavy atom. The lowest BCUT2D eigenvalue weighted by Crippen LogP contribution is -2.45. The van der Waals surface area contributed by atoms with Crippen LogP contribution in [0.2, 0.25) is 0 Å². The van der Waals surface area contributed by atoms with Crippen LogP contribution in [0, 0.1) is 11.8 Å². The highest BCUT2D eigenvalue weighted by Crippen LogP contribution is 2.52. The monoisotopic (exact) mass is 342 g/mol. The van der Waals surface area contributed by atoms with Crippen molar-refractivity contribution in [3.8, 4) is 5.75 Å². The standard InChI is InChI=1S/C19H22N2O4/c1-11(2)20-17(22)15-14-8-9-19(25-14)10-21(18(23)16(15)19)12-4-6-13(24-3)7-5-12/h4-9,11,14-16H,10H2,1-3H3,(H,20,22)/t14-,15?,16+,19+/m1/s1. The second-order valence-electron chi connectivity index (χ2n) is 7.19. The maximum atomic E-state index is 13.1. The molecule has 4 atom stereocenters. The van der Waals surface area contributed by atoms with E-state index >= 15 is 0 Å². The second kappa shape index (κ2) is 5.59. The summed E-state index contributed by atoms with van der Waals surface area (Å²) in [7, 11) is 1.61. The zero-order valence-corrected chi connectivity index (χ0v) is 14.6. The molecule has 1 unspecified atom stereocenters. The van der Waals surface area contributed by atoms with Crippen LogP contribution in [0.1, 0.15) is 13.8 Å². The van der Waals surface area contributed by atoms with Crippen LogP contribution in [0.3, 0.4) is 0 Å². The number of methoxy groups -OCH3 is 1. The molecule has 2 bridgehead atoms. The van der Waals surface area contributed by atoms with Crippen molar-refractivity contribution in [2.75, 3.05) is 18.6 Å². The minimum Gasteiger partial charge on any atom is -0.497 e. The summed E-state index contributed by atoms with van der Waals surface area (Å²) in [5.41, 5.74) is 0.0961. The van der Waals surface area contributed by atoms with Crippen molar-refractivity contribution in [3.05, 3.63) is 36.4 Å². The topological polar surface area (TPSA) is 67.9 Å².